The Kier molecular flexibility index (Phi) is 1.74. The van der Waals surface area contributed by atoms with Crippen molar-refractivity contribution >= 4 is 5.97 Å². The van der Waals surface area contributed by atoms with Crippen LogP contribution in [0.25, 0.3) is 0 Å². The molecule has 1 unspecified atom stereocenters. The van der Waals surface area contributed by atoms with E-state index in [2.05, 4.69) is 32.9 Å². The first-order chi connectivity index (χ1) is 8.46. The summed E-state index contributed by atoms with van der Waals surface area (Å²) in [4.78, 5) is 12.4. The third kappa shape index (κ3) is 0.870. The lowest BCUT2D eigenvalue weighted by Crippen LogP contribution is -2.52. The maximum atomic E-state index is 12.4. The van der Waals surface area contributed by atoms with Gasteiger partial charge in [0, 0.05) is 5.41 Å². The Morgan fingerprint density at radius 1 is 1.33 bits per heavy atom. The van der Waals surface area contributed by atoms with Gasteiger partial charge in [0.1, 0.15) is 11.5 Å². The highest BCUT2D eigenvalue weighted by Gasteiger charge is 2.80. The first-order valence-corrected chi connectivity index (χ1v) is 7.00. The summed E-state index contributed by atoms with van der Waals surface area (Å²) in [6.07, 6.45) is 7.42. The first-order valence-electron chi connectivity index (χ1n) is 7.00. The molecule has 18 heavy (non-hydrogen) atoms. The van der Waals surface area contributed by atoms with E-state index in [1.54, 1.807) is 0 Å². The van der Waals surface area contributed by atoms with E-state index in [1.807, 2.05) is 0 Å². The second-order valence-electron chi connectivity index (χ2n) is 6.96. The van der Waals surface area contributed by atoms with Crippen LogP contribution in [0.1, 0.15) is 40.0 Å². The monoisotopic (exact) mass is 248 g/mol. The fourth-order valence-electron chi connectivity index (χ4n) is 4.97. The highest BCUT2D eigenvalue weighted by atomic mass is 16.8. The molecule has 0 amide bonds. The summed E-state index contributed by atoms with van der Waals surface area (Å²) in [6, 6.07) is 0. The largest absolute Gasteiger partial charge is 0.432 e. The maximum Gasteiger partial charge on any atom is 0.318 e. The van der Waals surface area contributed by atoms with E-state index in [-0.39, 0.29) is 29.2 Å². The van der Waals surface area contributed by atoms with Gasteiger partial charge in [-0.1, -0.05) is 32.9 Å². The second-order valence-corrected chi connectivity index (χ2v) is 6.96. The third-order valence-electron chi connectivity index (χ3n) is 6.70. The summed E-state index contributed by atoms with van der Waals surface area (Å²) in [7, 11) is 0. The van der Waals surface area contributed by atoms with Gasteiger partial charge >= 0.3 is 5.97 Å². The van der Waals surface area contributed by atoms with E-state index in [0.29, 0.717) is 5.92 Å². The molecular formula is C15H20O3. The lowest BCUT2D eigenvalue weighted by molar-refractivity contribution is -0.167. The molecule has 4 rings (SSSR count). The van der Waals surface area contributed by atoms with Crippen LogP contribution in [-0.2, 0) is 14.3 Å². The van der Waals surface area contributed by atoms with Gasteiger partial charge in [-0.05, 0) is 30.6 Å². The fraction of sp³-hybridized carbons (Fsp3) is 0.800. The van der Waals surface area contributed by atoms with Crippen LogP contribution in [0.2, 0.25) is 0 Å². The standard InChI is InChI=1S/C15H20O3/c1-9-5-4-6-14(3)13(9,2)7-8-15(14)10-11(17-10)18-12(15)16/h4,6,9-11H,5,7-8H2,1-3H3/t9-,10+,11+,13-,14+,15?/m1/s1. The molecule has 0 N–H and O–H groups in total. The van der Waals surface area contributed by atoms with Gasteiger partial charge in [0.25, 0.3) is 0 Å². The highest BCUT2D eigenvalue weighted by molar-refractivity contribution is 5.83. The molecule has 1 saturated carbocycles. The van der Waals surface area contributed by atoms with Crippen molar-refractivity contribution in [3.05, 3.63) is 12.2 Å². The molecule has 6 atom stereocenters. The number of rotatable bonds is 0. The second kappa shape index (κ2) is 2.84. The molecule has 2 heterocycles. The number of carbonyl (C=O) groups is 1. The predicted octanol–water partition coefficient (Wildman–Crippen LogP) is 2.66. The topological polar surface area (TPSA) is 38.8 Å². The quantitative estimate of drug-likeness (QED) is 0.376. The van der Waals surface area contributed by atoms with Crippen LogP contribution in [0.5, 0.6) is 0 Å². The van der Waals surface area contributed by atoms with Gasteiger partial charge in [0.05, 0.1) is 0 Å². The van der Waals surface area contributed by atoms with E-state index in [9.17, 15) is 4.79 Å². The van der Waals surface area contributed by atoms with Crippen molar-refractivity contribution in [3.63, 3.8) is 0 Å². The molecule has 0 aromatic carbocycles. The number of hydrogen-bond donors (Lipinski definition) is 0. The van der Waals surface area contributed by atoms with E-state index >= 15 is 0 Å². The minimum atomic E-state index is -0.419. The van der Waals surface area contributed by atoms with Crippen LogP contribution in [0, 0.1) is 22.2 Å². The summed E-state index contributed by atoms with van der Waals surface area (Å²) in [5, 5.41) is 0. The van der Waals surface area contributed by atoms with Crippen molar-refractivity contribution in [2.45, 2.75) is 52.4 Å². The van der Waals surface area contributed by atoms with Crippen molar-refractivity contribution in [1.82, 2.24) is 0 Å². The molecule has 0 bridgehead atoms. The number of allylic oxidation sites excluding steroid dienone is 2. The molecule has 2 saturated heterocycles. The van der Waals surface area contributed by atoms with Gasteiger partial charge in [0.15, 0.2) is 0 Å². The van der Waals surface area contributed by atoms with Crippen LogP contribution in [-0.4, -0.2) is 18.4 Å². The van der Waals surface area contributed by atoms with Gasteiger partial charge in [0.2, 0.25) is 6.29 Å². The minimum Gasteiger partial charge on any atom is -0.432 e. The Morgan fingerprint density at radius 3 is 2.78 bits per heavy atom. The summed E-state index contributed by atoms with van der Waals surface area (Å²) in [6.45, 7) is 6.91. The molecular weight excluding hydrogens is 228 g/mol. The Labute approximate surface area is 108 Å². The Balaban J connectivity index is 1.91. The molecule has 2 aliphatic carbocycles. The molecule has 2 aliphatic heterocycles. The fourth-order valence-corrected chi connectivity index (χ4v) is 4.97. The Bertz CT molecular complexity index is 470. The number of esters is 1. The van der Waals surface area contributed by atoms with Crippen molar-refractivity contribution in [2.24, 2.45) is 22.2 Å². The van der Waals surface area contributed by atoms with E-state index in [1.165, 1.54) is 0 Å². The third-order valence-corrected chi connectivity index (χ3v) is 6.70. The van der Waals surface area contributed by atoms with Gasteiger partial charge < -0.3 is 9.47 Å². The van der Waals surface area contributed by atoms with Crippen LogP contribution in [0.15, 0.2) is 12.2 Å². The van der Waals surface area contributed by atoms with E-state index < -0.39 is 5.41 Å². The van der Waals surface area contributed by atoms with Crippen molar-refractivity contribution in [2.75, 3.05) is 0 Å². The lowest BCUT2D eigenvalue weighted by Gasteiger charge is -2.51. The summed E-state index contributed by atoms with van der Waals surface area (Å²) in [5.74, 6) is 0.589. The summed E-state index contributed by atoms with van der Waals surface area (Å²) < 4.78 is 11.0. The Morgan fingerprint density at radius 2 is 2.11 bits per heavy atom. The normalized spacial score (nSPS) is 60.6. The lowest BCUT2D eigenvalue weighted by atomic mass is 9.51. The molecule has 0 aromatic heterocycles. The van der Waals surface area contributed by atoms with Crippen molar-refractivity contribution in [3.8, 4) is 0 Å². The van der Waals surface area contributed by atoms with Gasteiger partial charge in [-0.15, -0.1) is 0 Å². The predicted molar refractivity (Wildman–Crippen MR) is 65.6 cm³/mol. The molecule has 4 aliphatic rings. The van der Waals surface area contributed by atoms with Crippen LogP contribution in [0.3, 0.4) is 0 Å². The van der Waals surface area contributed by atoms with Gasteiger partial charge in [-0.25, -0.2) is 0 Å². The zero-order chi connectivity index (χ0) is 12.8. The Hall–Kier alpha value is -0.830. The molecule has 0 radical (unpaired) electrons. The van der Waals surface area contributed by atoms with E-state index in [4.69, 9.17) is 9.47 Å². The number of carbonyl (C=O) groups excluding carboxylic acids is 1. The van der Waals surface area contributed by atoms with Gasteiger partial charge in [-0.3, -0.25) is 4.79 Å². The molecule has 0 aromatic rings. The van der Waals surface area contributed by atoms with Crippen LogP contribution < -0.4 is 0 Å². The number of fused-ring (bicyclic) bond motifs is 4. The molecule has 3 fully saturated rings. The molecule has 3 nitrogen and oxygen atoms in total. The molecule has 1 spiro atoms. The first kappa shape index (κ1) is 11.0. The average molecular weight is 248 g/mol. The number of epoxide rings is 1. The zero-order valence-corrected chi connectivity index (χ0v) is 11.2. The molecule has 3 heteroatoms. The number of ether oxygens (including phenoxy) is 2. The SMILES string of the molecule is C[C@@H]1CC=C[C@]2(C)C3(CC[C@]12C)C(=O)O[C@@H]1O[C@@H]13. The average Bonchev–Trinajstić information content (AvgIpc) is 2.94. The highest BCUT2D eigenvalue weighted by Crippen LogP contribution is 2.74. The van der Waals surface area contributed by atoms with E-state index in [0.717, 1.165) is 19.3 Å². The zero-order valence-electron chi connectivity index (χ0n) is 11.2. The minimum absolute atomic E-state index is 0.00627. The van der Waals surface area contributed by atoms with Crippen LogP contribution in [0.4, 0.5) is 0 Å². The molecule has 98 valence electrons. The number of hydrogen-bond acceptors (Lipinski definition) is 3. The van der Waals surface area contributed by atoms with Crippen molar-refractivity contribution in [1.29, 1.82) is 0 Å². The van der Waals surface area contributed by atoms with Gasteiger partial charge in [-0.2, -0.15) is 0 Å². The van der Waals surface area contributed by atoms with Crippen LogP contribution >= 0.6 is 0 Å². The smallest absolute Gasteiger partial charge is 0.318 e. The summed E-state index contributed by atoms with van der Waals surface area (Å²) in [5.41, 5.74) is -0.357. The summed E-state index contributed by atoms with van der Waals surface area (Å²) >= 11 is 0. The maximum absolute atomic E-state index is 12.4. The van der Waals surface area contributed by atoms with Crippen molar-refractivity contribution < 1.29 is 14.3 Å².